The van der Waals surface area contributed by atoms with E-state index in [1.54, 1.807) is 12.1 Å². The van der Waals surface area contributed by atoms with Crippen molar-refractivity contribution < 1.29 is 23.8 Å². The topological polar surface area (TPSA) is 72.2 Å². The Bertz CT molecular complexity index is 325. The predicted molar refractivity (Wildman–Crippen MR) is 44.4 cm³/mol. The maximum absolute atomic E-state index is 11.3. The molecule has 1 fully saturated rings. The van der Waals surface area contributed by atoms with Crippen LogP contribution in [0.4, 0.5) is 0 Å². The minimum absolute atomic E-state index is 0.154. The maximum Gasteiger partial charge on any atom is 0.343 e. The Morgan fingerprint density at radius 3 is 2.93 bits per heavy atom. The molecule has 0 radical (unpaired) electrons. The van der Waals surface area contributed by atoms with E-state index in [-0.39, 0.29) is 6.61 Å². The molecular formula is C9H10O5. The fraction of sp³-hybridized carbons (Fsp3) is 0.444. The number of rotatable bonds is 3. The lowest BCUT2D eigenvalue weighted by Gasteiger charge is -2.14. The SMILES string of the molecule is COC(=O)C1(C(O)c2ccco2)CO1. The molecule has 0 bridgehead atoms. The van der Waals surface area contributed by atoms with Gasteiger partial charge in [-0.3, -0.25) is 0 Å². The second-order valence-corrected chi connectivity index (χ2v) is 3.09. The summed E-state index contributed by atoms with van der Waals surface area (Å²) in [4.78, 5) is 11.3. The first kappa shape index (κ1) is 9.23. The van der Waals surface area contributed by atoms with E-state index in [0.29, 0.717) is 5.76 Å². The summed E-state index contributed by atoms with van der Waals surface area (Å²) in [5, 5.41) is 9.78. The van der Waals surface area contributed by atoms with E-state index in [2.05, 4.69) is 4.74 Å². The monoisotopic (exact) mass is 198 g/mol. The van der Waals surface area contributed by atoms with Gasteiger partial charge in [0.05, 0.1) is 20.0 Å². The van der Waals surface area contributed by atoms with Crippen molar-refractivity contribution >= 4 is 5.97 Å². The van der Waals surface area contributed by atoms with Crippen LogP contribution in [0.5, 0.6) is 0 Å². The first-order chi connectivity index (χ1) is 6.70. The van der Waals surface area contributed by atoms with Crippen molar-refractivity contribution in [3.63, 3.8) is 0 Å². The number of aliphatic hydroxyl groups excluding tert-OH is 1. The third kappa shape index (κ3) is 1.21. The first-order valence-electron chi connectivity index (χ1n) is 4.14. The number of furan rings is 1. The molecule has 0 amide bonds. The Hall–Kier alpha value is -1.33. The van der Waals surface area contributed by atoms with E-state index in [1.807, 2.05) is 0 Å². The Kier molecular flexibility index (Phi) is 2.05. The molecule has 0 saturated carbocycles. The zero-order valence-electron chi connectivity index (χ0n) is 7.60. The van der Waals surface area contributed by atoms with Gasteiger partial charge in [0.1, 0.15) is 5.76 Å². The average molecular weight is 198 g/mol. The lowest BCUT2D eigenvalue weighted by Crippen LogP contribution is -2.33. The van der Waals surface area contributed by atoms with Gasteiger partial charge in [-0.25, -0.2) is 4.79 Å². The van der Waals surface area contributed by atoms with Crippen LogP contribution in [-0.4, -0.2) is 30.4 Å². The highest BCUT2D eigenvalue weighted by molar-refractivity contribution is 5.83. The van der Waals surface area contributed by atoms with Crippen LogP contribution >= 0.6 is 0 Å². The van der Waals surface area contributed by atoms with Gasteiger partial charge in [-0.15, -0.1) is 0 Å². The Morgan fingerprint density at radius 2 is 2.50 bits per heavy atom. The molecule has 0 spiro atoms. The fourth-order valence-corrected chi connectivity index (χ4v) is 1.31. The third-order valence-corrected chi connectivity index (χ3v) is 2.24. The van der Waals surface area contributed by atoms with Crippen molar-refractivity contribution in [2.24, 2.45) is 0 Å². The first-order valence-corrected chi connectivity index (χ1v) is 4.14. The summed E-state index contributed by atoms with van der Waals surface area (Å²) in [5.41, 5.74) is -1.26. The lowest BCUT2D eigenvalue weighted by atomic mass is 10.0. The molecule has 1 N–H and O–H groups in total. The smallest absolute Gasteiger partial charge is 0.343 e. The molecule has 1 aliphatic heterocycles. The van der Waals surface area contributed by atoms with Crippen LogP contribution in [0.2, 0.25) is 0 Å². The van der Waals surface area contributed by atoms with E-state index in [0.717, 1.165) is 0 Å². The number of hydrogen-bond donors (Lipinski definition) is 1. The average Bonchev–Trinajstić information content (AvgIpc) is 2.84. The van der Waals surface area contributed by atoms with Gasteiger partial charge in [-0.2, -0.15) is 0 Å². The summed E-state index contributed by atoms with van der Waals surface area (Å²) in [5.74, 6) is -0.283. The van der Waals surface area contributed by atoms with Gasteiger partial charge in [-0.05, 0) is 12.1 Å². The quantitative estimate of drug-likeness (QED) is 0.557. The van der Waals surface area contributed by atoms with Crippen LogP contribution in [0.1, 0.15) is 11.9 Å². The molecule has 1 aromatic heterocycles. The number of carbonyl (C=O) groups is 1. The van der Waals surface area contributed by atoms with Gasteiger partial charge in [0, 0.05) is 0 Å². The van der Waals surface area contributed by atoms with Crippen LogP contribution in [0, 0.1) is 0 Å². The summed E-state index contributed by atoms with van der Waals surface area (Å²) < 4.78 is 14.5. The van der Waals surface area contributed by atoms with E-state index < -0.39 is 17.7 Å². The zero-order chi connectivity index (χ0) is 10.2. The van der Waals surface area contributed by atoms with Crippen LogP contribution in [0.25, 0.3) is 0 Å². The number of ether oxygens (including phenoxy) is 2. The standard InChI is InChI=1S/C9H10O5/c1-12-8(11)9(5-14-9)7(10)6-3-2-4-13-6/h2-4,7,10H,5H2,1H3. The Balaban J connectivity index is 2.19. The number of esters is 1. The molecule has 1 aliphatic rings. The van der Waals surface area contributed by atoms with Crippen LogP contribution in [0.15, 0.2) is 22.8 Å². The Morgan fingerprint density at radius 1 is 1.79 bits per heavy atom. The molecule has 2 rings (SSSR count). The third-order valence-electron chi connectivity index (χ3n) is 2.24. The number of hydrogen-bond acceptors (Lipinski definition) is 5. The van der Waals surface area contributed by atoms with Crippen molar-refractivity contribution in [2.45, 2.75) is 11.7 Å². The van der Waals surface area contributed by atoms with Crippen LogP contribution in [-0.2, 0) is 14.3 Å². The highest BCUT2D eigenvalue weighted by atomic mass is 16.7. The molecule has 2 heterocycles. The van der Waals surface area contributed by atoms with Gasteiger partial charge in [0.2, 0.25) is 5.60 Å². The molecule has 2 unspecified atom stereocenters. The maximum atomic E-state index is 11.3. The van der Waals surface area contributed by atoms with E-state index >= 15 is 0 Å². The molecule has 76 valence electrons. The molecule has 0 aromatic carbocycles. The number of methoxy groups -OCH3 is 1. The summed E-state index contributed by atoms with van der Waals surface area (Å²) >= 11 is 0. The molecule has 5 heteroatoms. The van der Waals surface area contributed by atoms with Gasteiger partial charge < -0.3 is 19.0 Å². The highest BCUT2D eigenvalue weighted by Crippen LogP contribution is 2.41. The van der Waals surface area contributed by atoms with Gasteiger partial charge >= 0.3 is 5.97 Å². The highest BCUT2D eigenvalue weighted by Gasteiger charge is 2.60. The van der Waals surface area contributed by atoms with Gasteiger partial charge in [0.25, 0.3) is 0 Å². The lowest BCUT2D eigenvalue weighted by molar-refractivity contribution is -0.152. The van der Waals surface area contributed by atoms with Crippen molar-refractivity contribution in [1.82, 2.24) is 0 Å². The molecule has 1 saturated heterocycles. The van der Waals surface area contributed by atoms with Gasteiger partial charge in [0.15, 0.2) is 6.10 Å². The molecule has 5 nitrogen and oxygen atoms in total. The van der Waals surface area contributed by atoms with E-state index in [1.165, 1.54) is 13.4 Å². The predicted octanol–water partition coefficient (Wildman–Crippen LogP) is 0.255. The van der Waals surface area contributed by atoms with Crippen LogP contribution in [0.3, 0.4) is 0 Å². The Labute approximate surface area is 80.2 Å². The minimum Gasteiger partial charge on any atom is -0.467 e. The molecule has 1 aromatic rings. The molecule has 0 aliphatic carbocycles. The largest absolute Gasteiger partial charge is 0.467 e. The molecule has 2 atom stereocenters. The summed E-state index contributed by atoms with van der Waals surface area (Å²) in [6.07, 6.45) is 0.316. The minimum atomic E-state index is -1.26. The molecule has 14 heavy (non-hydrogen) atoms. The molecular weight excluding hydrogens is 188 g/mol. The van der Waals surface area contributed by atoms with Crippen molar-refractivity contribution in [3.05, 3.63) is 24.2 Å². The van der Waals surface area contributed by atoms with E-state index in [4.69, 9.17) is 9.15 Å². The van der Waals surface area contributed by atoms with Crippen LogP contribution < -0.4 is 0 Å². The zero-order valence-corrected chi connectivity index (χ0v) is 7.60. The number of aliphatic hydroxyl groups is 1. The van der Waals surface area contributed by atoms with Gasteiger partial charge in [-0.1, -0.05) is 0 Å². The van der Waals surface area contributed by atoms with Crippen molar-refractivity contribution in [1.29, 1.82) is 0 Å². The summed E-state index contributed by atoms with van der Waals surface area (Å²) in [6.45, 7) is 0.154. The normalized spacial score (nSPS) is 27.0. The van der Waals surface area contributed by atoms with Crippen molar-refractivity contribution in [2.75, 3.05) is 13.7 Å². The second kappa shape index (κ2) is 3.11. The summed E-state index contributed by atoms with van der Waals surface area (Å²) in [6, 6.07) is 3.21. The summed E-state index contributed by atoms with van der Waals surface area (Å²) in [7, 11) is 1.25. The van der Waals surface area contributed by atoms with Crippen molar-refractivity contribution in [3.8, 4) is 0 Å². The fourth-order valence-electron chi connectivity index (χ4n) is 1.31. The second-order valence-electron chi connectivity index (χ2n) is 3.09. The van der Waals surface area contributed by atoms with E-state index in [9.17, 15) is 9.90 Å². The number of epoxide rings is 1. The number of carbonyl (C=O) groups excluding carboxylic acids is 1.